The number of ether oxygens (including phenoxy) is 1. The lowest BCUT2D eigenvalue weighted by Crippen LogP contribution is -2.52. The number of carbonyl (C=O) groups is 3. The summed E-state index contributed by atoms with van der Waals surface area (Å²) < 4.78 is 21.2. The number of piperazine rings is 1. The fourth-order valence-electron chi connectivity index (χ4n) is 5.46. The maximum Gasteiger partial charge on any atom is 0.255 e. The smallest absolute Gasteiger partial charge is 0.255 e. The molecule has 200 valence electrons. The molecule has 3 aromatic rings. The number of carbonyl (C=O) groups excluding carboxylic acids is 3. The predicted molar refractivity (Wildman–Crippen MR) is 141 cm³/mol. The van der Waals surface area contributed by atoms with Crippen molar-refractivity contribution in [3.05, 3.63) is 83.3 Å². The normalized spacial score (nSPS) is 19.7. The molecule has 3 aliphatic rings. The molecule has 3 aliphatic heterocycles. The molecule has 0 saturated carbocycles. The van der Waals surface area contributed by atoms with E-state index in [4.69, 9.17) is 4.74 Å². The minimum absolute atomic E-state index is 0.181. The number of halogens is 1. The Kier molecular flexibility index (Phi) is 6.70. The molecular weight excluding hydrogens is 501 g/mol. The number of anilines is 1. The summed E-state index contributed by atoms with van der Waals surface area (Å²) in [5.74, 6) is -0.338. The van der Waals surface area contributed by atoms with E-state index >= 15 is 4.39 Å². The van der Waals surface area contributed by atoms with E-state index in [0.29, 0.717) is 36.8 Å². The molecule has 2 fully saturated rings. The fourth-order valence-corrected chi connectivity index (χ4v) is 5.46. The van der Waals surface area contributed by atoms with Gasteiger partial charge in [0.05, 0.1) is 5.69 Å². The Hall–Kier alpha value is -4.31. The Morgan fingerprint density at radius 1 is 1.00 bits per heavy atom. The summed E-state index contributed by atoms with van der Waals surface area (Å²) in [4.78, 5) is 46.8. The van der Waals surface area contributed by atoms with Crippen LogP contribution in [0.5, 0.6) is 11.6 Å². The number of nitrogens with one attached hydrogen (secondary N) is 1. The van der Waals surface area contributed by atoms with Crippen molar-refractivity contribution >= 4 is 23.4 Å². The molecule has 9 nitrogen and oxygen atoms in total. The van der Waals surface area contributed by atoms with Crippen LogP contribution in [0.15, 0.2) is 60.8 Å². The van der Waals surface area contributed by atoms with Gasteiger partial charge in [-0.2, -0.15) is 0 Å². The average Bonchev–Trinajstić information content (AvgIpc) is 3.25. The lowest BCUT2D eigenvalue weighted by atomic mass is 10.0. The summed E-state index contributed by atoms with van der Waals surface area (Å²) in [7, 11) is 0. The first-order chi connectivity index (χ1) is 19.0. The molecule has 10 heteroatoms. The second-order valence-corrected chi connectivity index (χ2v) is 10.0. The van der Waals surface area contributed by atoms with E-state index in [1.165, 1.54) is 11.0 Å². The summed E-state index contributed by atoms with van der Waals surface area (Å²) in [6, 6.07) is 15.7. The fraction of sp³-hybridized carbons (Fsp3) is 0.310. The van der Waals surface area contributed by atoms with E-state index in [0.717, 1.165) is 24.4 Å². The van der Waals surface area contributed by atoms with Gasteiger partial charge in [-0.1, -0.05) is 24.3 Å². The van der Waals surface area contributed by atoms with Crippen LogP contribution in [0.2, 0.25) is 0 Å². The van der Waals surface area contributed by atoms with Crippen LogP contribution >= 0.6 is 0 Å². The Balaban J connectivity index is 1.11. The van der Waals surface area contributed by atoms with Crippen LogP contribution in [0.1, 0.15) is 34.3 Å². The third kappa shape index (κ3) is 5.07. The summed E-state index contributed by atoms with van der Waals surface area (Å²) in [5.41, 5.74) is 2.49. The number of amides is 3. The van der Waals surface area contributed by atoms with Crippen molar-refractivity contribution in [1.82, 2.24) is 20.1 Å². The first-order valence-corrected chi connectivity index (χ1v) is 13.1. The molecule has 2 saturated heterocycles. The second-order valence-electron chi connectivity index (χ2n) is 10.0. The number of nitrogens with zero attached hydrogens (tertiary/aromatic N) is 4. The molecule has 1 N–H and O–H groups in total. The minimum atomic E-state index is -0.720. The number of piperidine rings is 1. The van der Waals surface area contributed by atoms with Crippen LogP contribution in [0, 0.1) is 5.82 Å². The zero-order chi connectivity index (χ0) is 26.9. The lowest BCUT2D eigenvalue weighted by Gasteiger charge is -2.36. The largest absolute Gasteiger partial charge is 0.439 e. The van der Waals surface area contributed by atoms with Crippen LogP contribution in [-0.2, 0) is 22.7 Å². The molecule has 0 aliphatic carbocycles. The van der Waals surface area contributed by atoms with Gasteiger partial charge >= 0.3 is 0 Å². The number of hydrogen-bond donors (Lipinski definition) is 1. The van der Waals surface area contributed by atoms with Crippen molar-refractivity contribution in [2.24, 2.45) is 0 Å². The van der Waals surface area contributed by atoms with Gasteiger partial charge < -0.3 is 14.5 Å². The summed E-state index contributed by atoms with van der Waals surface area (Å²) in [6.45, 7) is 3.64. The van der Waals surface area contributed by atoms with Gasteiger partial charge in [0.15, 0.2) is 0 Å². The molecule has 0 bridgehead atoms. The number of para-hydroxylation sites is 1. The Morgan fingerprint density at radius 3 is 2.56 bits per heavy atom. The van der Waals surface area contributed by atoms with Gasteiger partial charge in [0.2, 0.25) is 17.7 Å². The van der Waals surface area contributed by atoms with Crippen molar-refractivity contribution in [2.45, 2.75) is 32.0 Å². The number of fused-ring (bicyclic) bond motifs is 1. The topological polar surface area (TPSA) is 95.1 Å². The number of aromatic nitrogens is 1. The summed E-state index contributed by atoms with van der Waals surface area (Å²) in [5, 5.41) is 2.30. The molecular formula is C29H28FN5O4. The molecule has 3 amide bonds. The van der Waals surface area contributed by atoms with Gasteiger partial charge in [0.1, 0.15) is 17.6 Å². The lowest BCUT2D eigenvalue weighted by molar-refractivity contribution is -0.136. The molecule has 4 heterocycles. The van der Waals surface area contributed by atoms with E-state index < -0.39 is 17.8 Å². The van der Waals surface area contributed by atoms with Crippen molar-refractivity contribution < 1.29 is 23.5 Å². The number of hydrogen-bond acceptors (Lipinski definition) is 7. The van der Waals surface area contributed by atoms with Gasteiger partial charge in [0, 0.05) is 69.1 Å². The molecule has 1 unspecified atom stereocenters. The summed E-state index contributed by atoms with van der Waals surface area (Å²) in [6.07, 6.45) is 2.15. The highest BCUT2D eigenvalue weighted by Gasteiger charge is 2.40. The van der Waals surface area contributed by atoms with Gasteiger partial charge in [-0.25, -0.2) is 9.37 Å². The zero-order valence-corrected chi connectivity index (χ0v) is 21.3. The molecule has 6 rings (SSSR count). The quantitative estimate of drug-likeness (QED) is 0.491. The van der Waals surface area contributed by atoms with E-state index in [2.05, 4.69) is 15.2 Å². The van der Waals surface area contributed by atoms with E-state index in [1.807, 2.05) is 47.4 Å². The second kappa shape index (κ2) is 10.5. The predicted octanol–water partition coefficient (Wildman–Crippen LogP) is 3.10. The first kappa shape index (κ1) is 25.0. The van der Waals surface area contributed by atoms with Gasteiger partial charge in [-0.15, -0.1) is 0 Å². The molecule has 39 heavy (non-hydrogen) atoms. The van der Waals surface area contributed by atoms with Crippen LogP contribution in [-0.4, -0.2) is 64.7 Å². The number of imide groups is 1. The Labute approximate surface area is 225 Å². The number of rotatable bonds is 6. The third-order valence-corrected chi connectivity index (χ3v) is 7.52. The standard InChI is InChI=1S/C29H28FN5O4/c30-22-16-21-20(18-35(29(21)38)23-8-9-26(36)32-28(23)37)15-24(22)34-13-11-33(12-14-34)17-19-5-1-2-6-25(19)39-27-7-3-4-10-31-27/h1-7,10,15-16,23H,8-9,11-14,17-18H2,(H,32,36,37). The minimum Gasteiger partial charge on any atom is -0.439 e. The molecule has 0 spiro atoms. The van der Waals surface area contributed by atoms with Crippen molar-refractivity contribution in [2.75, 3.05) is 31.1 Å². The van der Waals surface area contributed by atoms with E-state index in [-0.39, 0.29) is 36.8 Å². The summed E-state index contributed by atoms with van der Waals surface area (Å²) >= 11 is 0. The van der Waals surface area contributed by atoms with Crippen molar-refractivity contribution in [1.29, 1.82) is 0 Å². The Bertz CT molecular complexity index is 1420. The molecule has 1 atom stereocenters. The number of benzene rings is 2. The SMILES string of the molecule is O=C1CCC(N2Cc3cc(N4CCN(Cc5ccccc5Oc5ccccn5)CC4)c(F)cc3C2=O)C(=O)N1. The van der Waals surface area contributed by atoms with Crippen LogP contribution in [0.3, 0.4) is 0 Å². The molecule has 0 radical (unpaired) electrons. The first-order valence-electron chi connectivity index (χ1n) is 13.1. The maximum atomic E-state index is 15.2. The van der Waals surface area contributed by atoms with E-state index in [9.17, 15) is 14.4 Å². The Morgan fingerprint density at radius 2 is 1.79 bits per heavy atom. The zero-order valence-electron chi connectivity index (χ0n) is 21.3. The maximum absolute atomic E-state index is 15.2. The van der Waals surface area contributed by atoms with Crippen LogP contribution in [0.4, 0.5) is 10.1 Å². The number of pyridine rings is 1. The highest BCUT2D eigenvalue weighted by molar-refractivity contribution is 6.05. The van der Waals surface area contributed by atoms with Crippen molar-refractivity contribution in [3.8, 4) is 11.6 Å². The van der Waals surface area contributed by atoms with Gasteiger partial charge in [0.25, 0.3) is 5.91 Å². The van der Waals surface area contributed by atoms with Crippen LogP contribution in [0.25, 0.3) is 0 Å². The van der Waals surface area contributed by atoms with Crippen molar-refractivity contribution in [3.63, 3.8) is 0 Å². The van der Waals surface area contributed by atoms with Crippen LogP contribution < -0.4 is 15.0 Å². The van der Waals surface area contributed by atoms with E-state index in [1.54, 1.807) is 12.3 Å². The highest BCUT2D eigenvalue weighted by atomic mass is 19.1. The third-order valence-electron chi connectivity index (χ3n) is 7.52. The van der Waals surface area contributed by atoms with Gasteiger partial charge in [-0.05, 0) is 36.2 Å². The molecule has 1 aromatic heterocycles. The van der Waals surface area contributed by atoms with Gasteiger partial charge in [-0.3, -0.25) is 24.6 Å². The highest BCUT2D eigenvalue weighted by Crippen LogP contribution is 2.33. The average molecular weight is 530 g/mol. The monoisotopic (exact) mass is 529 g/mol. The molecule has 2 aromatic carbocycles.